The van der Waals surface area contributed by atoms with Crippen LogP contribution in [0.25, 0.3) is 11.0 Å². The van der Waals surface area contributed by atoms with Crippen molar-refractivity contribution in [1.82, 2.24) is 24.8 Å². The molecule has 5 rings (SSSR count). The fourth-order valence-corrected chi connectivity index (χ4v) is 4.35. The lowest BCUT2D eigenvalue weighted by Gasteiger charge is -2.32. The van der Waals surface area contributed by atoms with Crippen LogP contribution in [0.15, 0.2) is 54.9 Å². The van der Waals surface area contributed by atoms with Gasteiger partial charge in [0, 0.05) is 30.3 Å². The van der Waals surface area contributed by atoms with E-state index in [2.05, 4.69) is 30.6 Å². The number of carbonyl (C=O) groups is 3. The second-order valence-electron chi connectivity index (χ2n) is 8.92. The zero-order valence-corrected chi connectivity index (χ0v) is 20.5. The molecule has 3 amide bonds. The molecule has 1 aliphatic heterocycles. The van der Waals surface area contributed by atoms with E-state index in [1.165, 1.54) is 6.07 Å². The van der Waals surface area contributed by atoms with Gasteiger partial charge in [0.2, 0.25) is 11.9 Å². The van der Waals surface area contributed by atoms with Crippen molar-refractivity contribution in [2.45, 2.75) is 18.9 Å². The van der Waals surface area contributed by atoms with E-state index in [1.807, 2.05) is 0 Å². The molecule has 0 unspecified atom stereocenters. The number of imidazole rings is 1. The van der Waals surface area contributed by atoms with Crippen LogP contribution in [0, 0.1) is 10.1 Å². The van der Waals surface area contributed by atoms with Crippen molar-refractivity contribution in [3.8, 4) is 0 Å². The topological polar surface area (TPSA) is 202 Å². The average molecular weight is 530 g/mol. The number of nitrogens with zero attached hydrogens (tertiary/aromatic N) is 5. The van der Waals surface area contributed by atoms with Crippen LogP contribution >= 0.6 is 0 Å². The number of amides is 3. The van der Waals surface area contributed by atoms with Crippen LogP contribution in [0.2, 0.25) is 0 Å². The lowest BCUT2D eigenvalue weighted by atomic mass is 10.0. The number of likely N-dealkylation sites (tertiary alicyclic amines) is 1. The number of hydrogen-bond donors (Lipinski definition) is 4. The maximum Gasteiger partial charge on any atom is 0.305 e. The summed E-state index contributed by atoms with van der Waals surface area (Å²) in [4.78, 5) is 64.7. The Bertz CT molecular complexity index is 1580. The SMILES string of the molecule is NC(=O)c1cccc2[nH]c(NC(=O)c3cccc(C(=O)N4CCC(Nc5ncc([N+](=O)[O-])cn5)CC4)c3)nc12. The Labute approximate surface area is 220 Å². The van der Waals surface area contributed by atoms with Gasteiger partial charge in [-0.1, -0.05) is 12.1 Å². The highest BCUT2D eigenvalue weighted by atomic mass is 16.6. The summed E-state index contributed by atoms with van der Waals surface area (Å²) >= 11 is 0. The Morgan fingerprint density at radius 3 is 2.44 bits per heavy atom. The Morgan fingerprint density at radius 1 is 1.05 bits per heavy atom. The van der Waals surface area contributed by atoms with Gasteiger partial charge >= 0.3 is 5.69 Å². The molecule has 14 heteroatoms. The molecule has 2 aromatic carbocycles. The van der Waals surface area contributed by atoms with Crippen molar-refractivity contribution in [2.24, 2.45) is 5.73 Å². The van der Waals surface area contributed by atoms with Crippen LogP contribution in [-0.4, -0.2) is 66.6 Å². The molecule has 0 radical (unpaired) electrons. The number of fused-ring (bicyclic) bond motifs is 1. The molecule has 14 nitrogen and oxygen atoms in total. The van der Waals surface area contributed by atoms with Crippen molar-refractivity contribution in [1.29, 1.82) is 0 Å². The van der Waals surface area contributed by atoms with Gasteiger partial charge in [-0.2, -0.15) is 0 Å². The molecule has 198 valence electrons. The Kier molecular flexibility index (Phi) is 6.82. The monoisotopic (exact) mass is 529 g/mol. The van der Waals surface area contributed by atoms with Crippen LogP contribution in [0.5, 0.6) is 0 Å². The molecule has 5 N–H and O–H groups in total. The van der Waals surface area contributed by atoms with E-state index in [-0.39, 0.29) is 34.7 Å². The number of piperidine rings is 1. The van der Waals surface area contributed by atoms with Crippen molar-refractivity contribution in [3.63, 3.8) is 0 Å². The summed E-state index contributed by atoms with van der Waals surface area (Å²) < 4.78 is 0. The maximum atomic E-state index is 13.1. The van der Waals surface area contributed by atoms with Crippen LogP contribution < -0.4 is 16.4 Å². The summed E-state index contributed by atoms with van der Waals surface area (Å²) in [5, 5.41) is 16.6. The normalized spacial score (nSPS) is 13.7. The molecule has 0 aliphatic carbocycles. The number of nitrogens with one attached hydrogen (secondary N) is 3. The average Bonchev–Trinajstić information content (AvgIpc) is 3.36. The predicted molar refractivity (Wildman–Crippen MR) is 140 cm³/mol. The van der Waals surface area contributed by atoms with Gasteiger partial charge in [-0.15, -0.1) is 0 Å². The summed E-state index contributed by atoms with van der Waals surface area (Å²) in [5.74, 6) is -0.873. The molecular weight excluding hydrogens is 506 g/mol. The Hall–Kier alpha value is -5.40. The highest BCUT2D eigenvalue weighted by molar-refractivity contribution is 6.07. The number of hydrogen-bond acceptors (Lipinski definition) is 9. The van der Waals surface area contributed by atoms with Gasteiger partial charge in [0.05, 0.1) is 16.0 Å². The zero-order chi connectivity index (χ0) is 27.5. The Balaban J connectivity index is 1.20. The lowest BCUT2D eigenvalue weighted by molar-refractivity contribution is -0.385. The second-order valence-corrected chi connectivity index (χ2v) is 8.92. The molecule has 2 aromatic heterocycles. The molecule has 4 aromatic rings. The van der Waals surface area contributed by atoms with Crippen molar-refractivity contribution < 1.29 is 19.3 Å². The molecular formula is C25H23N9O5. The number of benzene rings is 2. The molecule has 3 heterocycles. The second kappa shape index (κ2) is 10.5. The molecule has 1 saturated heterocycles. The number of nitrogens with two attached hydrogens (primary N) is 1. The van der Waals surface area contributed by atoms with Gasteiger partial charge in [0.25, 0.3) is 17.7 Å². The van der Waals surface area contributed by atoms with Crippen molar-refractivity contribution >= 4 is 46.3 Å². The molecule has 1 aliphatic rings. The molecule has 0 bridgehead atoms. The number of aromatic amines is 1. The highest BCUT2D eigenvalue weighted by Crippen LogP contribution is 2.20. The fraction of sp³-hybridized carbons (Fsp3) is 0.200. The van der Waals surface area contributed by atoms with Crippen LogP contribution in [0.4, 0.5) is 17.6 Å². The quantitative estimate of drug-likeness (QED) is 0.205. The third-order valence-corrected chi connectivity index (χ3v) is 6.35. The van der Waals surface area contributed by atoms with Gasteiger partial charge in [0.15, 0.2) is 0 Å². The number of primary amides is 1. The number of H-pyrrole nitrogens is 1. The van der Waals surface area contributed by atoms with Crippen LogP contribution in [0.1, 0.15) is 43.9 Å². The van der Waals surface area contributed by atoms with E-state index < -0.39 is 16.7 Å². The number of anilines is 2. The number of para-hydroxylation sites is 1. The first-order valence-electron chi connectivity index (χ1n) is 12.0. The van der Waals surface area contributed by atoms with Crippen molar-refractivity contribution in [3.05, 3.63) is 81.7 Å². The number of nitro groups is 1. The van der Waals surface area contributed by atoms with Crippen LogP contribution in [0.3, 0.4) is 0 Å². The third-order valence-electron chi connectivity index (χ3n) is 6.35. The van der Waals surface area contributed by atoms with Crippen LogP contribution in [-0.2, 0) is 0 Å². The molecule has 1 fully saturated rings. The molecule has 0 atom stereocenters. The fourth-order valence-electron chi connectivity index (χ4n) is 4.35. The minimum atomic E-state index is -0.629. The van der Waals surface area contributed by atoms with E-state index in [9.17, 15) is 24.5 Å². The largest absolute Gasteiger partial charge is 0.366 e. The van der Waals surface area contributed by atoms with Gasteiger partial charge in [0.1, 0.15) is 17.9 Å². The minimum Gasteiger partial charge on any atom is -0.366 e. The minimum absolute atomic E-state index is 0.00603. The summed E-state index contributed by atoms with van der Waals surface area (Å²) in [6.45, 7) is 0.947. The van der Waals surface area contributed by atoms with E-state index in [0.29, 0.717) is 48.5 Å². The maximum absolute atomic E-state index is 13.1. The van der Waals surface area contributed by atoms with Gasteiger partial charge in [-0.25, -0.2) is 15.0 Å². The smallest absolute Gasteiger partial charge is 0.305 e. The number of aromatic nitrogens is 4. The van der Waals surface area contributed by atoms with Gasteiger partial charge in [-0.3, -0.25) is 29.8 Å². The predicted octanol–water partition coefficient (Wildman–Crippen LogP) is 2.33. The third kappa shape index (κ3) is 5.49. The first kappa shape index (κ1) is 25.3. The summed E-state index contributed by atoms with van der Waals surface area (Å²) in [6.07, 6.45) is 3.55. The lowest BCUT2D eigenvalue weighted by Crippen LogP contribution is -2.42. The first-order chi connectivity index (χ1) is 18.8. The number of rotatable bonds is 7. The van der Waals surface area contributed by atoms with Gasteiger partial charge < -0.3 is 20.9 Å². The molecule has 0 spiro atoms. The summed E-state index contributed by atoms with van der Waals surface area (Å²) in [5.41, 5.74) is 6.97. The van der Waals surface area contributed by atoms with Gasteiger partial charge in [-0.05, 0) is 43.2 Å². The molecule has 39 heavy (non-hydrogen) atoms. The van der Waals surface area contributed by atoms with E-state index in [0.717, 1.165) is 12.4 Å². The van der Waals surface area contributed by atoms with E-state index in [1.54, 1.807) is 41.3 Å². The highest BCUT2D eigenvalue weighted by Gasteiger charge is 2.25. The standard InChI is InChI=1S/C25H23N9O5/c26-21(35)18-5-2-6-19-20(18)31-25(30-19)32-22(36)14-3-1-4-15(11-14)23(37)33-9-7-16(8-10-33)29-24-27-12-17(13-28-24)34(38)39/h1-6,11-13,16H,7-10H2,(H2,26,35)(H,27,28,29)(H2,30,31,32,36). The number of carbonyl (C=O) groups excluding carboxylic acids is 3. The zero-order valence-electron chi connectivity index (χ0n) is 20.5. The summed E-state index contributed by atoms with van der Waals surface area (Å²) in [6, 6.07) is 11.3. The summed E-state index contributed by atoms with van der Waals surface area (Å²) in [7, 11) is 0. The van der Waals surface area contributed by atoms with E-state index in [4.69, 9.17) is 5.73 Å². The first-order valence-corrected chi connectivity index (χ1v) is 12.0. The molecule has 0 saturated carbocycles. The van der Waals surface area contributed by atoms with E-state index >= 15 is 0 Å². The van der Waals surface area contributed by atoms with Crippen molar-refractivity contribution in [2.75, 3.05) is 23.7 Å². The Morgan fingerprint density at radius 2 is 1.74 bits per heavy atom.